The van der Waals surface area contributed by atoms with Crippen molar-refractivity contribution in [1.82, 2.24) is 4.98 Å². The van der Waals surface area contributed by atoms with Crippen LogP contribution in [0.5, 0.6) is 0 Å². The first-order chi connectivity index (χ1) is 9.38. The van der Waals surface area contributed by atoms with Crippen LogP contribution in [-0.4, -0.2) is 4.98 Å². The molecule has 1 N–H and O–H groups in total. The van der Waals surface area contributed by atoms with Crippen LogP contribution in [0.3, 0.4) is 0 Å². The first-order valence-corrected chi connectivity index (χ1v) is 5.59. The van der Waals surface area contributed by atoms with E-state index in [1.807, 2.05) is 6.92 Å². The normalized spacial score (nSPS) is 10.9. The van der Waals surface area contributed by atoms with E-state index in [0.717, 1.165) is 5.56 Å². The van der Waals surface area contributed by atoms with Crippen LogP contribution >= 0.6 is 0 Å². The van der Waals surface area contributed by atoms with Gasteiger partial charge in [-0.3, -0.25) is 0 Å². The number of H-pyrrole nitrogens is 1. The lowest BCUT2D eigenvalue weighted by Gasteiger charge is -2.03. The average Bonchev–Trinajstić information content (AvgIpc) is 2.77. The summed E-state index contributed by atoms with van der Waals surface area (Å²) in [6, 6.07) is 9.76. The van der Waals surface area contributed by atoms with Crippen LogP contribution in [0.4, 0.5) is 13.2 Å². The van der Waals surface area contributed by atoms with Crippen molar-refractivity contribution in [2.75, 3.05) is 0 Å². The topological polar surface area (TPSA) is 63.4 Å². The predicted molar refractivity (Wildman–Crippen MR) is 65.4 cm³/mol. The van der Waals surface area contributed by atoms with E-state index < -0.39 is 17.4 Å². The van der Waals surface area contributed by atoms with Crippen molar-refractivity contribution in [3.63, 3.8) is 0 Å². The summed E-state index contributed by atoms with van der Waals surface area (Å²) in [5, 5.41) is 17.9. The molecule has 0 aliphatic carbocycles. The van der Waals surface area contributed by atoms with Crippen molar-refractivity contribution in [2.24, 2.45) is 0 Å². The van der Waals surface area contributed by atoms with E-state index in [1.54, 1.807) is 30.3 Å². The number of nitrogens with one attached hydrogen (secondary N) is 1. The Labute approximate surface area is 112 Å². The van der Waals surface area contributed by atoms with Crippen molar-refractivity contribution in [3.8, 4) is 23.4 Å². The van der Waals surface area contributed by atoms with Gasteiger partial charge in [0.2, 0.25) is 0 Å². The lowest BCUT2D eigenvalue weighted by molar-refractivity contribution is -0.140. The van der Waals surface area contributed by atoms with Crippen molar-refractivity contribution in [3.05, 3.63) is 46.6 Å². The molecule has 0 unspecified atom stereocenters. The molecule has 1 heterocycles. The van der Waals surface area contributed by atoms with Gasteiger partial charge in [0.25, 0.3) is 0 Å². The molecule has 0 saturated carbocycles. The Hall–Kier alpha value is -2.73. The molecule has 6 heteroatoms. The lowest BCUT2D eigenvalue weighted by atomic mass is 10.0. The summed E-state index contributed by atoms with van der Waals surface area (Å²) in [6.45, 7) is 1.84. The zero-order valence-electron chi connectivity index (χ0n) is 10.3. The number of halogens is 3. The third-order valence-electron chi connectivity index (χ3n) is 2.85. The zero-order chi connectivity index (χ0) is 14.9. The van der Waals surface area contributed by atoms with E-state index >= 15 is 0 Å². The highest BCUT2D eigenvalue weighted by Gasteiger charge is 2.38. The number of aromatic nitrogens is 1. The zero-order valence-corrected chi connectivity index (χ0v) is 10.3. The Balaban J connectivity index is 2.73. The van der Waals surface area contributed by atoms with Crippen molar-refractivity contribution >= 4 is 0 Å². The Kier molecular flexibility index (Phi) is 3.25. The van der Waals surface area contributed by atoms with Gasteiger partial charge in [0.05, 0.1) is 11.3 Å². The molecule has 2 aromatic rings. The second kappa shape index (κ2) is 4.75. The minimum Gasteiger partial charge on any atom is -0.349 e. The van der Waals surface area contributed by atoms with Gasteiger partial charge in [-0.05, 0) is 12.5 Å². The number of benzene rings is 1. The minimum atomic E-state index is -4.71. The average molecular weight is 275 g/mol. The lowest BCUT2D eigenvalue weighted by Crippen LogP contribution is -2.07. The summed E-state index contributed by atoms with van der Waals surface area (Å²) in [5.41, 5.74) is -0.766. The number of nitriles is 2. The molecule has 100 valence electrons. The molecule has 3 nitrogen and oxygen atoms in total. The summed E-state index contributed by atoms with van der Waals surface area (Å²) >= 11 is 0. The van der Waals surface area contributed by atoms with Crippen LogP contribution in [0.15, 0.2) is 24.3 Å². The summed E-state index contributed by atoms with van der Waals surface area (Å²) in [7, 11) is 0. The Bertz CT molecular complexity index is 725. The van der Waals surface area contributed by atoms with Gasteiger partial charge in [-0.25, -0.2) is 0 Å². The van der Waals surface area contributed by atoms with E-state index in [0.29, 0.717) is 5.56 Å². The molecule has 1 aromatic carbocycles. The van der Waals surface area contributed by atoms with Gasteiger partial charge in [0.15, 0.2) is 0 Å². The number of nitrogens with zero attached hydrogens (tertiary/aromatic N) is 2. The van der Waals surface area contributed by atoms with Gasteiger partial charge in [-0.2, -0.15) is 23.7 Å². The van der Waals surface area contributed by atoms with Crippen molar-refractivity contribution < 1.29 is 13.2 Å². The van der Waals surface area contributed by atoms with Crippen molar-refractivity contribution in [1.29, 1.82) is 10.5 Å². The van der Waals surface area contributed by atoms with E-state index in [-0.39, 0.29) is 11.3 Å². The summed E-state index contributed by atoms with van der Waals surface area (Å²) in [5.74, 6) is 0. The highest BCUT2D eigenvalue weighted by molar-refractivity contribution is 5.72. The van der Waals surface area contributed by atoms with Gasteiger partial charge in [0, 0.05) is 0 Å². The van der Waals surface area contributed by atoms with Crippen LogP contribution < -0.4 is 0 Å². The van der Waals surface area contributed by atoms with Crippen LogP contribution in [0.1, 0.15) is 22.4 Å². The maximum Gasteiger partial charge on any atom is 0.432 e. The molecule has 20 heavy (non-hydrogen) atoms. The largest absolute Gasteiger partial charge is 0.432 e. The number of aromatic amines is 1. The first kappa shape index (κ1) is 13.7. The molecule has 0 amide bonds. The predicted octanol–water partition coefficient (Wildman–Crippen LogP) is 3.75. The SMILES string of the molecule is Cc1ccc(-c2[nH]c(C(F)(F)F)c(C#N)c2C#N)cc1. The van der Waals surface area contributed by atoms with Gasteiger partial charge >= 0.3 is 6.18 Å². The van der Waals surface area contributed by atoms with E-state index in [1.165, 1.54) is 6.07 Å². The third kappa shape index (κ3) is 2.24. The maximum atomic E-state index is 12.9. The molecule has 0 radical (unpaired) electrons. The highest BCUT2D eigenvalue weighted by Crippen LogP contribution is 2.36. The van der Waals surface area contributed by atoms with Crippen LogP contribution in [0.25, 0.3) is 11.3 Å². The smallest absolute Gasteiger partial charge is 0.349 e. The van der Waals surface area contributed by atoms with E-state index in [9.17, 15) is 13.2 Å². The Morgan fingerprint density at radius 3 is 2.00 bits per heavy atom. The standard InChI is InChI=1S/C14H8F3N3/c1-8-2-4-9(5-3-8)12-10(6-18)11(7-19)13(20-12)14(15,16)17/h2-5,20H,1H3. The van der Waals surface area contributed by atoms with Crippen LogP contribution in [0.2, 0.25) is 0 Å². The number of hydrogen-bond donors (Lipinski definition) is 1. The summed E-state index contributed by atoms with van der Waals surface area (Å²) < 4.78 is 38.6. The highest BCUT2D eigenvalue weighted by atomic mass is 19.4. The van der Waals surface area contributed by atoms with Crippen molar-refractivity contribution in [2.45, 2.75) is 13.1 Å². The molecular weight excluding hydrogens is 267 g/mol. The fourth-order valence-corrected chi connectivity index (χ4v) is 1.87. The third-order valence-corrected chi connectivity index (χ3v) is 2.85. The number of alkyl halides is 3. The minimum absolute atomic E-state index is 0.0105. The molecular formula is C14H8F3N3. The Morgan fingerprint density at radius 2 is 1.55 bits per heavy atom. The van der Waals surface area contributed by atoms with Gasteiger partial charge in [0.1, 0.15) is 23.4 Å². The molecule has 0 aliphatic rings. The second-order valence-electron chi connectivity index (χ2n) is 4.21. The molecule has 0 spiro atoms. The number of rotatable bonds is 1. The molecule has 1 aromatic heterocycles. The molecule has 2 rings (SSSR count). The fraction of sp³-hybridized carbons (Fsp3) is 0.143. The van der Waals surface area contributed by atoms with Gasteiger partial charge < -0.3 is 4.98 Å². The molecule has 0 atom stereocenters. The second-order valence-corrected chi connectivity index (χ2v) is 4.21. The van der Waals surface area contributed by atoms with E-state index in [4.69, 9.17) is 10.5 Å². The molecule has 0 aliphatic heterocycles. The van der Waals surface area contributed by atoms with Gasteiger partial charge in [-0.1, -0.05) is 29.8 Å². The quantitative estimate of drug-likeness (QED) is 0.861. The summed E-state index contributed by atoms with van der Waals surface area (Å²) in [6.07, 6.45) is -4.71. The summed E-state index contributed by atoms with van der Waals surface area (Å²) in [4.78, 5) is 2.16. The van der Waals surface area contributed by atoms with Crippen LogP contribution in [-0.2, 0) is 6.18 Å². The molecule has 0 saturated heterocycles. The van der Waals surface area contributed by atoms with Gasteiger partial charge in [-0.15, -0.1) is 0 Å². The van der Waals surface area contributed by atoms with Crippen LogP contribution in [0, 0.1) is 29.6 Å². The molecule has 0 fully saturated rings. The first-order valence-electron chi connectivity index (χ1n) is 5.59. The fourth-order valence-electron chi connectivity index (χ4n) is 1.87. The van der Waals surface area contributed by atoms with E-state index in [2.05, 4.69) is 4.98 Å². The number of hydrogen-bond acceptors (Lipinski definition) is 2. The number of aryl methyl sites for hydroxylation is 1. The monoisotopic (exact) mass is 275 g/mol. The molecule has 0 bridgehead atoms. The maximum absolute atomic E-state index is 12.9. The Morgan fingerprint density at radius 1 is 1.00 bits per heavy atom.